The highest BCUT2D eigenvalue weighted by Crippen LogP contribution is 2.29. The fourth-order valence-corrected chi connectivity index (χ4v) is 3.16. The van der Waals surface area contributed by atoms with E-state index in [0.717, 1.165) is 5.56 Å². The molecule has 0 amide bonds. The molecule has 144 valence electrons. The molecule has 1 heterocycles. The van der Waals surface area contributed by atoms with Gasteiger partial charge in [0.15, 0.2) is 0 Å². The van der Waals surface area contributed by atoms with Crippen molar-refractivity contribution in [1.82, 2.24) is 0 Å². The lowest BCUT2D eigenvalue weighted by molar-refractivity contribution is -0.133. The second-order valence-electron chi connectivity index (χ2n) is 6.47. The van der Waals surface area contributed by atoms with Crippen LogP contribution in [0.4, 0.5) is 0 Å². The Labute approximate surface area is 167 Å². The van der Waals surface area contributed by atoms with Crippen LogP contribution in [0.2, 0.25) is 0 Å². The predicted molar refractivity (Wildman–Crippen MR) is 110 cm³/mol. The Hall–Kier alpha value is -3.86. The van der Waals surface area contributed by atoms with Crippen LogP contribution in [0.15, 0.2) is 88.3 Å². The lowest BCUT2D eigenvalue weighted by Gasteiger charge is -2.09. The van der Waals surface area contributed by atoms with Gasteiger partial charge in [-0.25, -0.2) is 0 Å². The number of para-hydroxylation sites is 1. The Morgan fingerprint density at radius 1 is 0.931 bits per heavy atom. The molecule has 0 bridgehead atoms. The van der Waals surface area contributed by atoms with Gasteiger partial charge < -0.3 is 13.9 Å². The summed E-state index contributed by atoms with van der Waals surface area (Å²) in [5, 5.41) is 0.399. The first-order valence-electron chi connectivity index (χ1n) is 9.09. The van der Waals surface area contributed by atoms with Gasteiger partial charge in [0.1, 0.15) is 23.3 Å². The molecule has 0 unspecified atom stereocenters. The summed E-state index contributed by atoms with van der Waals surface area (Å²) >= 11 is 0. The van der Waals surface area contributed by atoms with Gasteiger partial charge in [-0.1, -0.05) is 48.5 Å². The standard InChI is InChI=1S/C24H18O5/c1-27-21-10-6-5-9-18(21)20-15-28-22-14-17(11-12-19(22)24(20)26)29-23(25)13-16-7-3-2-4-8-16/h2-12,14-15H,13H2,1H3. The summed E-state index contributed by atoms with van der Waals surface area (Å²) in [6.07, 6.45) is 1.56. The molecule has 0 N–H and O–H groups in total. The number of carbonyl (C=O) groups is 1. The van der Waals surface area contributed by atoms with E-state index >= 15 is 0 Å². The van der Waals surface area contributed by atoms with Gasteiger partial charge in [0.25, 0.3) is 0 Å². The maximum Gasteiger partial charge on any atom is 0.315 e. The normalized spacial score (nSPS) is 10.7. The van der Waals surface area contributed by atoms with Gasteiger partial charge in [-0.15, -0.1) is 0 Å². The van der Waals surface area contributed by atoms with E-state index in [0.29, 0.717) is 33.6 Å². The van der Waals surface area contributed by atoms with E-state index in [2.05, 4.69) is 0 Å². The average Bonchev–Trinajstić information content (AvgIpc) is 2.74. The van der Waals surface area contributed by atoms with Crippen molar-refractivity contribution in [3.05, 3.63) is 94.8 Å². The van der Waals surface area contributed by atoms with Crippen LogP contribution in [-0.4, -0.2) is 13.1 Å². The highest BCUT2D eigenvalue weighted by molar-refractivity contribution is 5.84. The number of hydrogen-bond acceptors (Lipinski definition) is 5. The molecule has 0 spiro atoms. The van der Waals surface area contributed by atoms with Gasteiger partial charge in [-0.05, 0) is 23.8 Å². The van der Waals surface area contributed by atoms with E-state index in [1.165, 1.54) is 6.26 Å². The van der Waals surface area contributed by atoms with Gasteiger partial charge in [-0.2, -0.15) is 0 Å². The van der Waals surface area contributed by atoms with Crippen molar-refractivity contribution in [3.8, 4) is 22.6 Å². The average molecular weight is 386 g/mol. The molecule has 0 aliphatic carbocycles. The quantitative estimate of drug-likeness (QED) is 0.370. The van der Waals surface area contributed by atoms with Crippen molar-refractivity contribution in [2.45, 2.75) is 6.42 Å². The first-order valence-corrected chi connectivity index (χ1v) is 9.09. The van der Waals surface area contributed by atoms with Gasteiger partial charge in [0, 0.05) is 11.6 Å². The predicted octanol–water partition coefficient (Wildman–Crippen LogP) is 4.62. The van der Waals surface area contributed by atoms with Crippen LogP contribution in [0, 0.1) is 0 Å². The molecule has 0 saturated carbocycles. The number of ether oxygens (including phenoxy) is 2. The second-order valence-corrected chi connectivity index (χ2v) is 6.47. The van der Waals surface area contributed by atoms with Crippen molar-refractivity contribution in [2.75, 3.05) is 7.11 Å². The van der Waals surface area contributed by atoms with Crippen molar-refractivity contribution >= 4 is 16.9 Å². The van der Waals surface area contributed by atoms with Crippen LogP contribution in [-0.2, 0) is 11.2 Å². The first kappa shape index (κ1) is 18.5. The molecule has 0 fully saturated rings. The molecule has 1 aromatic heterocycles. The third-order valence-corrected chi connectivity index (χ3v) is 4.57. The lowest BCUT2D eigenvalue weighted by Crippen LogP contribution is -2.11. The molecule has 3 aromatic carbocycles. The van der Waals surface area contributed by atoms with Gasteiger partial charge >= 0.3 is 5.97 Å². The SMILES string of the molecule is COc1ccccc1-c1coc2cc(OC(=O)Cc3ccccc3)ccc2c1=O. The molecule has 29 heavy (non-hydrogen) atoms. The Morgan fingerprint density at radius 3 is 2.48 bits per heavy atom. The van der Waals surface area contributed by atoms with Crippen LogP contribution in [0.1, 0.15) is 5.56 Å². The monoisotopic (exact) mass is 386 g/mol. The summed E-state index contributed by atoms with van der Waals surface area (Å²) in [5.41, 5.74) is 2.09. The van der Waals surface area contributed by atoms with E-state index < -0.39 is 0 Å². The molecular weight excluding hydrogens is 368 g/mol. The van der Waals surface area contributed by atoms with Crippen molar-refractivity contribution < 1.29 is 18.7 Å². The number of benzene rings is 3. The maximum absolute atomic E-state index is 12.9. The topological polar surface area (TPSA) is 65.7 Å². The second kappa shape index (κ2) is 8.02. The molecule has 0 saturated heterocycles. The highest BCUT2D eigenvalue weighted by Gasteiger charge is 2.14. The smallest absolute Gasteiger partial charge is 0.315 e. The molecule has 5 nitrogen and oxygen atoms in total. The van der Waals surface area contributed by atoms with Crippen LogP contribution in [0.3, 0.4) is 0 Å². The number of rotatable bonds is 5. The van der Waals surface area contributed by atoms with Crippen molar-refractivity contribution in [2.24, 2.45) is 0 Å². The lowest BCUT2D eigenvalue weighted by atomic mass is 10.0. The third kappa shape index (κ3) is 3.89. The molecule has 0 atom stereocenters. The molecule has 0 radical (unpaired) electrons. The Kier molecular flexibility index (Phi) is 5.12. The van der Waals surface area contributed by atoms with Gasteiger partial charge in [0.05, 0.1) is 24.5 Å². The van der Waals surface area contributed by atoms with Gasteiger partial charge in [-0.3, -0.25) is 9.59 Å². The zero-order chi connectivity index (χ0) is 20.2. The largest absolute Gasteiger partial charge is 0.496 e. The minimum atomic E-state index is -0.386. The molecule has 4 aromatic rings. The minimum Gasteiger partial charge on any atom is -0.496 e. The fraction of sp³-hybridized carbons (Fsp3) is 0.0833. The minimum absolute atomic E-state index is 0.162. The molecular formula is C24H18O5. The van der Waals surface area contributed by atoms with Crippen LogP contribution in [0.5, 0.6) is 11.5 Å². The Morgan fingerprint density at radius 2 is 1.69 bits per heavy atom. The van der Waals surface area contributed by atoms with Crippen LogP contribution < -0.4 is 14.9 Å². The number of esters is 1. The van der Waals surface area contributed by atoms with Crippen LogP contribution >= 0.6 is 0 Å². The summed E-state index contributed by atoms with van der Waals surface area (Å²) in [6.45, 7) is 0. The van der Waals surface area contributed by atoms with E-state index in [1.807, 2.05) is 42.5 Å². The number of methoxy groups -OCH3 is 1. The van der Waals surface area contributed by atoms with Crippen molar-refractivity contribution in [1.29, 1.82) is 0 Å². The molecule has 0 aliphatic heterocycles. The highest BCUT2D eigenvalue weighted by atomic mass is 16.5. The van der Waals surface area contributed by atoms with Gasteiger partial charge in [0.2, 0.25) is 5.43 Å². The zero-order valence-electron chi connectivity index (χ0n) is 15.8. The van der Waals surface area contributed by atoms with E-state index in [1.54, 1.807) is 37.4 Å². The summed E-state index contributed by atoms with van der Waals surface area (Å²) < 4.78 is 16.4. The summed E-state index contributed by atoms with van der Waals surface area (Å²) in [4.78, 5) is 25.1. The fourth-order valence-electron chi connectivity index (χ4n) is 3.16. The summed E-state index contributed by atoms with van der Waals surface area (Å²) in [7, 11) is 1.55. The number of carbonyl (C=O) groups excluding carboxylic acids is 1. The zero-order valence-corrected chi connectivity index (χ0v) is 15.8. The third-order valence-electron chi connectivity index (χ3n) is 4.57. The van der Waals surface area contributed by atoms with Crippen molar-refractivity contribution in [3.63, 3.8) is 0 Å². The Balaban J connectivity index is 1.62. The van der Waals surface area contributed by atoms with Crippen LogP contribution in [0.25, 0.3) is 22.1 Å². The summed E-state index contributed by atoms with van der Waals surface area (Å²) in [5.74, 6) is 0.528. The maximum atomic E-state index is 12.9. The number of hydrogen-bond donors (Lipinski definition) is 0. The molecule has 4 rings (SSSR count). The van der Waals surface area contributed by atoms with E-state index in [4.69, 9.17) is 13.9 Å². The van der Waals surface area contributed by atoms with E-state index in [9.17, 15) is 9.59 Å². The summed E-state index contributed by atoms with van der Waals surface area (Å²) in [6, 6.07) is 21.3. The first-order chi connectivity index (χ1) is 14.2. The Bertz CT molecular complexity index is 1220. The molecule has 0 aliphatic rings. The van der Waals surface area contributed by atoms with E-state index in [-0.39, 0.29) is 17.8 Å². The number of fused-ring (bicyclic) bond motifs is 1. The molecule has 5 heteroatoms.